The number of carbonyl (C=O) groups is 2. The smallest absolute Gasteiger partial charge is 0.295 e. The van der Waals surface area contributed by atoms with E-state index in [1.807, 2.05) is 45.0 Å². The number of Topliss-reactive ketones (excluding diaryl/α,β-unsaturated/α-hetero) is 1. The van der Waals surface area contributed by atoms with Crippen LogP contribution in [-0.4, -0.2) is 41.5 Å². The lowest BCUT2D eigenvalue weighted by atomic mass is 9.95. The number of rotatable bonds is 9. The maximum absolute atomic E-state index is 13.0. The molecule has 1 aliphatic heterocycles. The highest BCUT2D eigenvalue weighted by atomic mass is 16.5. The summed E-state index contributed by atoms with van der Waals surface area (Å²) in [4.78, 5) is 27.3. The van der Waals surface area contributed by atoms with E-state index in [9.17, 15) is 14.7 Å². The number of nitrogens with zero attached hydrogens (tertiary/aromatic N) is 1. The Balaban J connectivity index is 2.12. The summed E-state index contributed by atoms with van der Waals surface area (Å²) in [6.45, 7) is 7.31. The van der Waals surface area contributed by atoms with E-state index in [-0.39, 0.29) is 11.3 Å². The number of hydrogen-bond donors (Lipinski definition) is 1. The summed E-state index contributed by atoms with van der Waals surface area (Å²) < 4.78 is 11.3. The first-order valence-corrected chi connectivity index (χ1v) is 10.8. The van der Waals surface area contributed by atoms with E-state index in [4.69, 9.17) is 9.47 Å². The monoisotopic (exact) mass is 423 g/mol. The number of ketones is 1. The van der Waals surface area contributed by atoms with Gasteiger partial charge < -0.3 is 19.5 Å². The molecule has 1 atom stereocenters. The molecule has 0 aromatic heterocycles. The number of hydrogen-bond acceptors (Lipinski definition) is 5. The maximum atomic E-state index is 13.0. The van der Waals surface area contributed by atoms with Crippen molar-refractivity contribution in [2.24, 2.45) is 0 Å². The molecule has 3 rings (SSSR count). The lowest BCUT2D eigenvalue weighted by Gasteiger charge is -2.25. The lowest BCUT2D eigenvalue weighted by molar-refractivity contribution is -0.139. The number of aliphatic hydroxyl groups excluding tert-OH is 1. The average molecular weight is 424 g/mol. The van der Waals surface area contributed by atoms with E-state index >= 15 is 0 Å². The van der Waals surface area contributed by atoms with Gasteiger partial charge in [-0.1, -0.05) is 38.1 Å². The van der Waals surface area contributed by atoms with Gasteiger partial charge in [0.25, 0.3) is 11.7 Å². The van der Waals surface area contributed by atoms with E-state index < -0.39 is 17.7 Å². The summed E-state index contributed by atoms with van der Waals surface area (Å²) >= 11 is 0. The fraction of sp³-hybridized carbons (Fsp3) is 0.360. The van der Waals surface area contributed by atoms with Gasteiger partial charge in [-0.05, 0) is 49.6 Å². The van der Waals surface area contributed by atoms with Crippen LogP contribution >= 0.6 is 0 Å². The third-order valence-electron chi connectivity index (χ3n) is 5.07. The number of aliphatic hydroxyl groups is 1. The highest BCUT2D eigenvalue weighted by Gasteiger charge is 2.45. The molecule has 1 heterocycles. The second-order valence-corrected chi connectivity index (χ2v) is 7.37. The van der Waals surface area contributed by atoms with Gasteiger partial charge in [-0.15, -0.1) is 0 Å². The van der Waals surface area contributed by atoms with Crippen molar-refractivity contribution in [1.29, 1.82) is 0 Å². The van der Waals surface area contributed by atoms with E-state index in [1.54, 1.807) is 24.3 Å². The van der Waals surface area contributed by atoms with Crippen LogP contribution in [0.1, 0.15) is 50.8 Å². The molecule has 6 nitrogen and oxygen atoms in total. The van der Waals surface area contributed by atoms with Gasteiger partial charge in [0.05, 0.1) is 24.8 Å². The topological polar surface area (TPSA) is 76.1 Å². The molecule has 2 aromatic carbocycles. The van der Waals surface area contributed by atoms with Crippen molar-refractivity contribution in [1.82, 2.24) is 4.90 Å². The van der Waals surface area contributed by atoms with Gasteiger partial charge in [-0.2, -0.15) is 0 Å². The third-order valence-corrected chi connectivity index (χ3v) is 5.07. The van der Waals surface area contributed by atoms with Gasteiger partial charge in [0.15, 0.2) is 0 Å². The standard InChI is InChI=1S/C25H29NO5/c1-4-13-26-22(17-9-7-11-19(15-17)30-6-3)21(24(28)25(26)29)23(27)18-10-8-12-20(16-18)31-14-5-2/h7-12,15-16,22,27H,4-6,13-14H2,1-3H3/b23-21-. The zero-order chi connectivity index (χ0) is 22.4. The van der Waals surface area contributed by atoms with Gasteiger partial charge in [0, 0.05) is 12.1 Å². The molecule has 0 bridgehead atoms. The SMILES string of the molecule is CCCOc1cccc(/C(O)=C2/C(=O)C(=O)N(CCC)C2c2cccc(OCC)c2)c1. The van der Waals surface area contributed by atoms with Crippen molar-refractivity contribution < 1.29 is 24.2 Å². The summed E-state index contributed by atoms with van der Waals surface area (Å²) in [6, 6.07) is 13.6. The van der Waals surface area contributed by atoms with Crippen LogP contribution in [0.5, 0.6) is 11.5 Å². The van der Waals surface area contributed by atoms with Gasteiger partial charge >= 0.3 is 0 Å². The van der Waals surface area contributed by atoms with Crippen LogP contribution in [0.3, 0.4) is 0 Å². The lowest BCUT2D eigenvalue weighted by Crippen LogP contribution is -2.30. The average Bonchev–Trinajstić information content (AvgIpc) is 3.03. The highest BCUT2D eigenvalue weighted by Crippen LogP contribution is 2.40. The van der Waals surface area contributed by atoms with Gasteiger partial charge in [-0.25, -0.2) is 0 Å². The molecular formula is C25H29NO5. The van der Waals surface area contributed by atoms with Crippen LogP contribution < -0.4 is 9.47 Å². The quantitative estimate of drug-likeness (QED) is 0.359. The van der Waals surface area contributed by atoms with Crippen LogP contribution in [-0.2, 0) is 9.59 Å². The Labute approximate surface area is 183 Å². The van der Waals surface area contributed by atoms with Crippen LogP contribution in [0.2, 0.25) is 0 Å². The van der Waals surface area contributed by atoms with E-state index in [1.165, 1.54) is 4.90 Å². The molecule has 0 aliphatic carbocycles. The zero-order valence-corrected chi connectivity index (χ0v) is 18.3. The minimum absolute atomic E-state index is 0.0831. The van der Waals surface area contributed by atoms with E-state index in [0.717, 1.165) is 12.0 Å². The van der Waals surface area contributed by atoms with Gasteiger partial charge in [-0.3, -0.25) is 9.59 Å². The van der Waals surface area contributed by atoms with Crippen LogP contribution in [0, 0.1) is 0 Å². The Hall–Kier alpha value is -3.28. The molecule has 1 unspecified atom stereocenters. The second-order valence-electron chi connectivity index (χ2n) is 7.37. The number of ether oxygens (including phenoxy) is 2. The molecule has 0 spiro atoms. The Kier molecular flexibility index (Phi) is 7.34. The summed E-state index contributed by atoms with van der Waals surface area (Å²) in [6.07, 6.45) is 1.55. The summed E-state index contributed by atoms with van der Waals surface area (Å²) in [7, 11) is 0. The van der Waals surface area contributed by atoms with Gasteiger partial charge in [0.2, 0.25) is 0 Å². The van der Waals surface area contributed by atoms with Crippen LogP contribution in [0.4, 0.5) is 0 Å². The first-order valence-electron chi connectivity index (χ1n) is 10.8. The van der Waals surface area contributed by atoms with Crippen molar-refractivity contribution in [3.8, 4) is 11.5 Å². The first kappa shape index (κ1) is 22.4. The Morgan fingerprint density at radius 1 is 0.968 bits per heavy atom. The molecule has 1 saturated heterocycles. The van der Waals surface area contributed by atoms with Crippen molar-refractivity contribution in [3.05, 3.63) is 65.2 Å². The molecule has 1 aliphatic rings. The number of amides is 1. The highest BCUT2D eigenvalue weighted by molar-refractivity contribution is 6.46. The molecule has 164 valence electrons. The molecule has 1 amide bonds. The summed E-state index contributed by atoms with van der Waals surface area (Å²) in [5.74, 6) is -0.238. The number of benzene rings is 2. The van der Waals surface area contributed by atoms with Gasteiger partial charge in [0.1, 0.15) is 17.3 Å². The van der Waals surface area contributed by atoms with Crippen LogP contribution in [0.25, 0.3) is 5.76 Å². The molecule has 1 N–H and O–H groups in total. The normalized spacial score (nSPS) is 17.8. The number of likely N-dealkylation sites (tertiary alicyclic amines) is 1. The minimum Gasteiger partial charge on any atom is -0.507 e. The molecule has 0 saturated carbocycles. The Morgan fingerprint density at radius 3 is 2.35 bits per heavy atom. The van der Waals surface area contributed by atoms with Crippen LogP contribution in [0.15, 0.2) is 54.1 Å². The fourth-order valence-electron chi connectivity index (χ4n) is 3.75. The molecule has 31 heavy (non-hydrogen) atoms. The fourth-order valence-corrected chi connectivity index (χ4v) is 3.75. The van der Waals surface area contributed by atoms with Crippen molar-refractivity contribution in [3.63, 3.8) is 0 Å². The van der Waals surface area contributed by atoms with E-state index in [2.05, 4.69) is 0 Å². The predicted octanol–water partition coefficient (Wildman–Crippen LogP) is 4.71. The number of carbonyl (C=O) groups excluding carboxylic acids is 2. The molecule has 1 fully saturated rings. The first-order chi connectivity index (χ1) is 15.0. The zero-order valence-electron chi connectivity index (χ0n) is 18.3. The van der Waals surface area contributed by atoms with Crippen molar-refractivity contribution in [2.45, 2.75) is 39.7 Å². The second kappa shape index (κ2) is 10.2. The van der Waals surface area contributed by atoms with Crippen molar-refractivity contribution >= 4 is 17.4 Å². The largest absolute Gasteiger partial charge is 0.507 e. The van der Waals surface area contributed by atoms with E-state index in [0.29, 0.717) is 43.2 Å². The molecule has 0 radical (unpaired) electrons. The van der Waals surface area contributed by atoms with Crippen molar-refractivity contribution in [2.75, 3.05) is 19.8 Å². The minimum atomic E-state index is -0.683. The third kappa shape index (κ3) is 4.74. The summed E-state index contributed by atoms with van der Waals surface area (Å²) in [5, 5.41) is 11.1. The molecule has 6 heteroatoms. The predicted molar refractivity (Wildman–Crippen MR) is 119 cm³/mol. The maximum Gasteiger partial charge on any atom is 0.295 e. The Morgan fingerprint density at radius 2 is 1.68 bits per heavy atom. The molecular weight excluding hydrogens is 394 g/mol. The Bertz CT molecular complexity index is 981. The molecule has 2 aromatic rings. The summed E-state index contributed by atoms with van der Waals surface area (Å²) in [5.41, 5.74) is 1.24.